The molecule has 0 radical (unpaired) electrons. The molecular formula is C10H21N3O2. The second kappa shape index (κ2) is 6.63. The summed E-state index contributed by atoms with van der Waals surface area (Å²) in [6.45, 7) is 1.82. The Morgan fingerprint density at radius 3 is 2.93 bits per heavy atom. The summed E-state index contributed by atoms with van der Waals surface area (Å²) in [5.74, 6) is 0.578. The molecule has 1 aliphatic rings. The van der Waals surface area contributed by atoms with E-state index in [1.807, 2.05) is 0 Å². The largest absolute Gasteiger partial charge is 0.383 e. The Hall–Kier alpha value is -0.810. The minimum Gasteiger partial charge on any atom is -0.383 e. The number of hydrogen-bond donors (Lipinski definition) is 3. The van der Waals surface area contributed by atoms with Crippen LogP contribution in [0.25, 0.3) is 0 Å². The van der Waals surface area contributed by atoms with E-state index in [0.29, 0.717) is 25.1 Å². The van der Waals surface area contributed by atoms with Crippen LogP contribution in [-0.2, 0) is 4.74 Å². The van der Waals surface area contributed by atoms with Gasteiger partial charge in [-0.2, -0.15) is 0 Å². The highest BCUT2D eigenvalue weighted by molar-refractivity contribution is 5.74. The van der Waals surface area contributed by atoms with Gasteiger partial charge >= 0.3 is 6.03 Å². The first-order valence-electron chi connectivity index (χ1n) is 5.49. The fourth-order valence-electron chi connectivity index (χ4n) is 1.92. The Bertz CT molecular complexity index is 199. The second-order valence-electron chi connectivity index (χ2n) is 4.00. The molecule has 1 saturated carbocycles. The van der Waals surface area contributed by atoms with Gasteiger partial charge in [0.15, 0.2) is 0 Å². The fraction of sp³-hybridized carbons (Fsp3) is 0.900. The van der Waals surface area contributed by atoms with Crippen LogP contribution in [0.5, 0.6) is 0 Å². The third-order valence-corrected chi connectivity index (χ3v) is 2.80. The van der Waals surface area contributed by atoms with E-state index in [0.717, 1.165) is 25.8 Å². The normalized spacial score (nSPS) is 25.2. The van der Waals surface area contributed by atoms with Crippen molar-refractivity contribution in [2.24, 2.45) is 11.7 Å². The summed E-state index contributed by atoms with van der Waals surface area (Å²) in [6.07, 6.45) is 3.17. The van der Waals surface area contributed by atoms with Gasteiger partial charge in [0.25, 0.3) is 0 Å². The molecule has 1 aliphatic carbocycles. The van der Waals surface area contributed by atoms with Gasteiger partial charge in [-0.05, 0) is 31.7 Å². The first kappa shape index (κ1) is 12.3. The van der Waals surface area contributed by atoms with Crippen LogP contribution >= 0.6 is 0 Å². The molecule has 0 aromatic heterocycles. The predicted molar refractivity (Wildman–Crippen MR) is 58.6 cm³/mol. The molecule has 1 rings (SSSR count). The number of urea groups is 1. The summed E-state index contributed by atoms with van der Waals surface area (Å²) < 4.78 is 4.84. The summed E-state index contributed by atoms with van der Waals surface area (Å²) in [5, 5.41) is 5.68. The van der Waals surface area contributed by atoms with Crippen LogP contribution in [0.4, 0.5) is 4.79 Å². The number of nitrogens with two attached hydrogens (primary N) is 1. The maximum atomic E-state index is 11.4. The van der Waals surface area contributed by atoms with Crippen molar-refractivity contribution < 1.29 is 9.53 Å². The van der Waals surface area contributed by atoms with E-state index >= 15 is 0 Å². The molecule has 0 spiro atoms. The van der Waals surface area contributed by atoms with Gasteiger partial charge in [-0.15, -0.1) is 0 Å². The van der Waals surface area contributed by atoms with Crippen molar-refractivity contribution >= 4 is 6.03 Å². The molecule has 5 nitrogen and oxygen atoms in total. The zero-order chi connectivity index (χ0) is 11.1. The number of hydrogen-bond acceptors (Lipinski definition) is 3. The van der Waals surface area contributed by atoms with Crippen molar-refractivity contribution in [1.82, 2.24) is 10.6 Å². The monoisotopic (exact) mass is 215 g/mol. The molecule has 0 aromatic rings. The topological polar surface area (TPSA) is 76.4 Å². The lowest BCUT2D eigenvalue weighted by Gasteiger charge is -2.13. The van der Waals surface area contributed by atoms with Gasteiger partial charge in [-0.1, -0.05) is 0 Å². The number of nitrogens with one attached hydrogen (secondary N) is 2. The summed E-state index contributed by atoms with van der Waals surface area (Å²) in [6, 6.07) is 0.191. The second-order valence-corrected chi connectivity index (χ2v) is 4.00. The minimum absolute atomic E-state index is 0.102. The van der Waals surface area contributed by atoms with E-state index in [-0.39, 0.29) is 6.03 Å². The van der Waals surface area contributed by atoms with Gasteiger partial charge in [-0.25, -0.2) is 4.79 Å². The van der Waals surface area contributed by atoms with Gasteiger partial charge in [0, 0.05) is 19.7 Å². The molecule has 15 heavy (non-hydrogen) atoms. The van der Waals surface area contributed by atoms with Gasteiger partial charge in [-0.3, -0.25) is 0 Å². The van der Waals surface area contributed by atoms with Crippen LogP contribution in [0.2, 0.25) is 0 Å². The Kier molecular flexibility index (Phi) is 5.42. The van der Waals surface area contributed by atoms with Gasteiger partial charge in [0.05, 0.1) is 6.61 Å². The van der Waals surface area contributed by atoms with Crippen LogP contribution in [0, 0.1) is 5.92 Å². The number of amides is 2. The van der Waals surface area contributed by atoms with Crippen LogP contribution in [0.15, 0.2) is 0 Å². The van der Waals surface area contributed by atoms with Gasteiger partial charge < -0.3 is 21.1 Å². The Labute approximate surface area is 90.7 Å². The number of carbonyl (C=O) groups is 1. The number of rotatable bonds is 5. The van der Waals surface area contributed by atoms with E-state index in [2.05, 4.69) is 10.6 Å². The van der Waals surface area contributed by atoms with Crippen LogP contribution < -0.4 is 16.4 Å². The quantitative estimate of drug-likeness (QED) is 0.568. The minimum atomic E-state index is -0.102. The lowest BCUT2D eigenvalue weighted by Crippen LogP contribution is -2.42. The van der Waals surface area contributed by atoms with Crippen molar-refractivity contribution in [2.75, 3.05) is 26.8 Å². The van der Waals surface area contributed by atoms with E-state index < -0.39 is 0 Å². The van der Waals surface area contributed by atoms with Crippen molar-refractivity contribution in [2.45, 2.75) is 25.3 Å². The van der Waals surface area contributed by atoms with Crippen LogP contribution in [0.3, 0.4) is 0 Å². The molecule has 0 saturated heterocycles. The average molecular weight is 215 g/mol. The standard InChI is InChI=1S/C10H21N3O2/c1-15-5-4-12-10(14)13-9-3-2-8(6-9)7-11/h8-9H,2-7,11H2,1H3,(H2,12,13,14). The number of methoxy groups -OCH3 is 1. The molecule has 0 bridgehead atoms. The molecule has 1 fully saturated rings. The lowest BCUT2D eigenvalue weighted by molar-refractivity contribution is 0.195. The maximum absolute atomic E-state index is 11.4. The van der Waals surface area contributed by atoms with Crippen LogP contribution in [-0.4, -0.2) is 38.9 Å². The molecule has 2 amide bonds. The molecule has 0 aliphatic heterocycles. The van der Waals surface area contributed by atoms with Gasteiger partial charge in [0.1, 0.15) is 0 Å². The van der Waals surface area contributed by atoms with E-state index in [1.165, 1.54) is 0 Å². The zero-order valence-corrected chi connectivity index (χ0v) is 9.29. The highest BCUT2D eigenvalue weighted by atomic mass is 16.5. The molecule has 0 aromatic carbocycles. The van der Waals surface area contributed by atoms with Crippen molar-refractivity contribution in [3.63, 3.8) is 0 Å². The fourth-order valence-corrected chi connectivity index (χ4v) is 1.92. The lowest BCUT2D eigenvalue weighted by atomic mass is 10.1. The maximum Gasteiger partial charge on any atom is 0.315 e. The van der Waals surface area contributed by atoms with Gasteiger partial charge in [0.2, 0.25) is 0 Å². The predicted octanol–water partition coefficient (Wildman–Crippen LogP) is 0.0594. The first-order chi connectivity index (χ1) is 7.26. The smallest absolute Gasteiger partial charge is 0.315 e. The molecular weight excluding hydrogens is 194 g/mol. The molecule has 88 valence electrons. The Balaban J connectivity index is 2.10. The highest BCUT2D eigenvalue weighted by Gasteiger charge is 2.24. The number of carbonyl (C=O) groups excluding carboxylic acids is 1. The summed E-state index contributed by atoms with van der Waals surface area (Å²) >= 11 is 0. The molecule has 5 heteroatoms. The zero-order valence-electron chi connectivity index (χ0n) is 9.29. The summed E-state index contributed by atoms with van der Waals surface area (Å²) in [7, 11) is 1.61. The molecule has 2 atom stereocenters. The summed E-state index contributed by atoms with van der Waals surface area (Å²) in [5.41, 5.74) is 5.58. The third-order valence-electron chi connectivity index (χ3n) is 2.80. The van der Waals surface area contributed by atoms with Crippen molar-refractivity contribution in [1.29, 1.82) is 0 Å². The molecule has 2 unspecified atom stereocenters. The van der Waals surface area contributed by atoms with E-state index in [1.54, 1.807) is 7.11 Å². The third kappa shape index (κ3) is 4.48. The average Bonchev–Trinajstić information content (AvgIpc) is 2.66. The summed E-state index contributed by atoms with van der Waals surface area (Å²) in [4.78, 5) is 11.4. The first-order valence-corrected chi connectivity index (χ1v) is 5.49. The molecule has 4 N–H and O–H groups in total. The number of ether oxygens (including phenoxy) is 1. The molecule has 0 heterocycles. The van der Waals surface area contributed by atoms with Crippen molar-refractivity contribution in [3.8, 4) is 0 Å². The highest BCUT2D eigenvalue weighted by Crippen LogP contribution is 2.24. The Morgan fingerprint density at radius 1 is 1.53 bits per heavy atom. The van der Waals surface area contributed by atoms with E-state index in [9.17, 15) is 4.79 Å². The van der Waals surface area contributed by atoms with Crippen LogP contribution in [0.1, 0.15) is 19.3 Å². The SMILES string of the molecule is COCCNC(=O)NC1CCC(CN)C1. The van der Waals surface area contributed by atoms with E-state index in [4.69, 9.17) is 10.5 Å². The Morgan fingerprint density at radius 2 is 2.33 bits per heavy atom. The van der Waals surface area contributed by atoms with Crippen molar-refractivity contribution in [3.05, 3.63) is 0 Å².